The van der Waals surface area contributed by atoms with E-state index < -0.39 is 0 Å². The van der Waals surface area contributed by atoms with Gasteiger partial charge in [-0.2, -0.15) is 0 Å². The zero-order chi connectivity index (χ0) is 17.4. The number of aromatic hydroxyl groups is 2. The van der Waals surface area contributed by atoms with E-state index in [9.17, 15) is 15.0 Å². The third kappa shape index (κ3) is 3.05. The summed E-state index contributed by atoms with van der Waals surface area (Å²) in [6.45, 7) is 9.11. The molecule has 0 aromatic heterocycles. The molecule has 0 radical (unpaired) electrons. The average molecular weight is 327 g/mol. The van der Waals surface area contributed by atoms with Crippen LogP contribution in [0.5, 0.6) is 11.5 Å². The minimum absolute atomic E-state index is 0.0199. The summed E-state index contributed by atoms with van der Waals surface area (Å²) in [5.41, 5.74) is 2.57. The molecule has 2 N–H and O–H groups in total. The van der Waals surface area contributed by atoms with Gasteiger partial charge in [-0.25, -0.2) is 0 Å². The number of hydrogen-bond donors (Lipinski definition) is 2. The Hall–Kier alpha value is -2.23. The predicted molar refractivity (Wildman–Crippen MR) is 94.0 cm³/mol. The van der Waals surface area contributed by atoms with Crippen LogP contribution in [-0.2, 0) is 11.2 Å². The van der Waals surface area contributed by atoms with Crippen LogP contribution in [0.4, 0.5) is 0 Å². The van der Waals surface area contributed by atoms with Crippen LogP contribution in [0.3, 0.4) is 0 Å². The average Bonchev–Trinajstić information content (AvgIpc) is 2.90. The molecule has 1 fully saturated rings. The molecule has 128 valence electrons. The van der Waals surface area contributed by atoms with Gasteiger partial charge in [-0.05, 0) is 49.3 Å². The minimum Gasteiger partial charge on any atom is -0.507 e. The molecule has 1 heterocycles. The molecule has 4 nitrogen and oxygen atoms in total. The molecular formula is C20H25NO3. The summed E-state index contributed by atoms with van der Waals surface area (Å²) in [4.78, 5) is 13.0. The van der Waals surface area contributed by atoms with Gasteiger partial charge in [-0.15, -0.1) is 0 Å². The first-order valence-electron chi connectivity index (χ1n) is 8.49. The Balaban J connectivity index is 1.76. The molecule has 2 atom stereocenters. The number of carbonyl (C=O) groups is 1. The molecule has 1 aliphatic heterocycles. The van der Waals surface area contributed by atoms with Crippen LogP contribution >= 0.6 is 0 Å². The second-order valence-corrected chi connectivity index (χ2v) is 7.18. The van der Waals surface area contributed by atoms with E-state index in [0.717, 1.165) is 37.1 Å². The predicted octanol–water partition coefficient (Wildman–Crippen LogP) is 3.35. The maximum Gasteiger partial charge on any atom is 0.219 e. The van der Waals surface area contributed by atoms with Crippen molar-refractivity contribution in [1.82, 2.24) is 4.90 Å². The summed E-state index contributed by atoms with van der Waals surface area (Å²) in [5, 5.41) is 21.0. The number of carbonyl (C=O) groups excluding carboxylic acids is 1. The first kappa shape index (κ1) is 16.6. The van der Waals surface area contributed by atoms with Crippen molar-refractivity contribution in [2.45, 2.75) is 32.6 Å². The second-order valence-electron chi connectivity index (χ2n) is 7.18. The van der Waals surface area contributed by atoms with Gasteiger partial charge in [-0.1, -0.05) is 24.3 Å². The molecule has 1 aromatic carbocycles. The van der Waals surface area contributed by atoms with Crippen LogP contribution in [0.2, 0.25) is 0 Å². The van der Waals surface area contributed by atoms with Crippen LogP contribution in [0, 0.1) is 11.8 Å². The SMILES string of the molecule is C=C(C)[C@@H]1CC=C[C@H]1c1c(O)cc(CC2CN(C(C)=O)C2)cc1O. The summed E-state index contributed by atoms with van der Waals surface area (Å²) < 4.78 is 0. The Bertz CT molecular complexity index is 678. The van der Waals surface area contributed by atoms with Gasteiger partial charge in [0.25, 0.3) is 0 Å². The van der Waals surface area contributed by atoms with E-state index in [1.807, 2.05) is 13.0 Å². The second kappa shape index (κ2) is 6.34. The molecule has 24 heavy (non-hydrogen) atoms. The molecular weight excluding hydrogens is 302 g/mol. The highest BCUT2D eigenvalue weighted by molar-refractivity contribution is 5.74. The fraction of sp³-hybridized carbons (Fsp3) is 0.450. The first-order chi connectivity index (χ1) is 11.4. The molecule has 1 aromatic rings. The summed E-state index contributed by atoms with van der Waals surface area (Å²) >= 11 is 0. The van der Waals surface area contributed by atoms with E-state index in [1.165, 1.54) is 0 Å². The molecule has 0 bridgehead atoms. The molecule has 4 heteroatoms. The summed E-state index contributed by atoms with van der Waals surface area (Å²) in [6, 6.07) is 3.51. The van der Waals surface area contributed by atoms with E-state index >= 15 is 0 Å². The third-order valence-electron chi connectivity index (χ3n) is 5.26. The number of phenolic OH excluding ortho intramolecular Hbond substituents is 2. The fourth-order valence-electron chi connectivity index (χ4n) is 3.89. The van der Waals surface area contributed by atoms with E-state index in [-0.39, 0.29) is 29.2 Å². The highest BCUT2D eigenvalue weighted by Gasteiger charge is 2.31. The quantitative estimate of drug-likeness (QED) is 0.834. The number of rotatable bonds is 4. The zero-order valence-electron chi connectivity index (χ0n) is 14.3. The maximum absolute atomic E-state index is 11.2. The van der Waals surface area contributed by atoms with Crippen LogP contribution in [0.25, 0.3) is 0 Å². The highest BCUT2D eigenvalue weighted by atomic mass is 16.3. The molecule has 1 saturated heterocycles. The van der Waals surface area contributed by atoms with Crippen LogP contribution in [-0.4, -0.2) is 34.1 Å². The topological polar surface area (TPSA) is 60.8 Å². The Kier molecular flexibility index (Phi) is 4.39. The molecule has 1 amide bonds. The van der Waals surface area contributed by atoms with Crippen molar-refractivity contribution >= 4 is 5.91 Å². The van der Waals surface area contributed by atoms with Gasteiger partial charge < -0.3 is 15.1 Å². The van der Waals surface area contributed by atoms with E-state index in [1.54, 1.807) is 24.0 Å². The number of likely N-dealkylation sites (tertiary alicyclic amines) is 1. The standard InChI is InChI=1S/C20H25NO3/c1-12(2)16-5-4-6-17(16)20-18(23)8-14(9-19(20)24)7-15-10-21(11-15)13(3)22/h4,6,8-9,15-17,23-24H,1,5,7,10-11H2,2-3H3/t16-,17+/m0/s1. The van der Waals surface area contributed by atoms with Gasteiger partial charge in [0.2, 0.25) is 5.91 Å². The number of phenols is 2. The Morgan fingerprint density at radius 2 is 1.88 bits per heavy atom. The fourth-order valence-corrected chi connectivity index (χ4v) is 3.89. The molecule has 1 aliphatic carbocycles. The van der Waals surface area contributed by atoms with Crippen LogP contribution < -0.4 is 0 Å². The van der Waals surface area contributed by atoms with Crippen LogP contribution in [0.1, 0.15) is 37.3 Å². The van der Waals surface area contributed by atoms with Crippen molar-refractivity contribution in [3.63, 3.8) is 0 Å². The maximum atomic E-state index is 11.2. The van der Waals surface area contributed by atoms with Gasteiger partial charge in [0.1, 0.15) is 11.5 Å². The van der Waals surface area contributed by atoms with Gasteiger partial charge in [0.15, 0.2) is 0 Å². The lowest BCUT2D eigenvalue weighted by Crippen LogP contribution is -2.49. The monoisotopic (exact) mass is 327 g/mol. The van der Waals surface area contributed by atoms with E-state index in [0.29, 0.717) is 11.5 Å². The highest BCUT2D eigenvalue weighted by Crippen LogP contribution is 2.46. The van der Waals surface area contributed by atoms with E-state index in [2.05, 4.69) is 12.7 Å². The van der Waals surface area contributed by atoms with Gasteiger partial charge in [0.05, 0.1) is 0 Å². The number of hydrogen-bond acceptors (Lipinski definition) is 3. The van der Waals surface area contributed by atoms with Gasteiger partial charge >= 0.3 is 0 Å². The summed E-state index contributed by atoms with van der Waals surface area (Å²) in [5.74, 6) is 1.00. The van der Waals surface area contributed by atoms with Gasteiger partial charge in [0, 0.05) is 31.5 Å². The van der Waals surface area contributed by atoms with Crippen molar-refractivity contribution in [2.75, 3.05) is 13.1 Å². The molecule has 0 unspecified atom stereocenters. The van der Waals surface area contributed by atoms with E-state index in [4.69, 9.17) is 0 Å². The Labute approximate surface area is 143 Å². The lowest BCUT2D eigenvalue weighted by Gasteiger charge is -2.38. The van der Waals surface area contributed by atoms with Crippen molar-refractivity contribution in [2.24, 2.45) is 11.8 Å². The molecule has 0 saturated carbocycles. The zero-order valence-corrected chi connectivity index (χ0v) is 14.3. The molecule has 2 aliphatic rings. The molecule has 0 spiro atoms. The number of allylic oxidation sites excluding steroid dienone is 3. The third-order valence-corrected chi connectivity index (χ3v) is 5.26. The van der Waals surface area contributed by atoms with Crippen molar-refractivity contribution < 1.29 is 15.0 Å². The minimum atomic E-state index is -0.0199. The number of benzene rings is 1. The van der Waals surface area contributed by atoms with Crippen LogP contribution in [0.15, 0.2) is 36.4 Å². The number of nitrogens with zero attached hydrogens (tertiary/aromatic N) is 1. The normalized spacial score (nSPS) is 23.3. The number of amides is 1. The summed E-state index contributed by atoms with van der Waals surface area (Å²) in [6.07, 6.45) is 5.78. The Morgan fingerprint density at radius 3 is 2.42 bits per heavy atom. The Morgan fingerprint density at radius 1 is 1.25 bits per heavy atom. The largest absolute Gasteiger partial charge is 0.507 e. The van der Waals surface area contributed by atoms with Crippen molar-refractivity contribution in [1.29, 1.82) is 0 Å². The summed E-state index contributed by atoms with van der Waals surface area (Å²) in [7, 11) is 0. The lowest BCUT2D eigenvalue weighted by molar-refractivity contribution is -0.134. The van der Waals surface area contributed by atoms with Gasteiger partial charge in [-0.3, -0.25) is 4.79 Å². The lowest BCUT2D eigenvalue weighted by atomic mass is 9.82. The first-order valence-corrected chi connectivity index (χ1v) is 8.49. The van der Waals surface area contributed by atoms with Crippen molar-refractivity contribution in [3.05, 3.63) is 47.6 Å². The molecule has 3 rings (SSSR count). The smallest absolute Gasteiger partial charge is 0.219 e. The van der Waals surface area contributed by atoms with Crippen molar-refractivity contribution in [3.8, 4) is 11.5 Å².